The van der Waals surface area contributed by atoms with Crippen molar-refractivity contribution in [3.63, 3.8) is 0 Å². The van der Waals surface area contributed by atoms with Gasteiger partial charge in [0.2, 0.25) is 0 Å². The fourth-order valence-corrected chi connectivity index (χ4v) is 2.24. The van der Waals surface area contributed by atoms with Gasteiger partial charge in [-0.25, -0.2) is 4.98 Å². The van der Waals surface area contributed by atoms with E-state index in [9.17, 15) is 0 Å². The maximum atomic E-state index is 8.95. The van der Waals surface area contributed by atoms with Gasteiger partial charge in [-0.3, -0.25) is 0 Å². The third-order valence-corrected chi connectivity index (χ3v) is 3.46. The zero-order chi connectivity index (χ0) is 12.0. The van der Waals surface area contributed by atoms with Gasteiger partial charge in [-0.1, -0.05) is 13.3 Å². The minimum atomic E-state index is 0.530. The molecule has 88 valence electrons. The molecule has 0 amide bonds. The van der Waals surface area contributed by atoms with Crippen LogP contribution in [0.2, 0.25) is 0 Å². The largest absolute Gasteiger partial charge is 0.383 e. The van der Waals surface area contributed by atoms with Crippen LogP contribution in [-0.2, 0) is 17.7 Å². The zero-order valence-electron chi connectivity index (χ0n) is 9.66. The van der Waals surface area contributed by atoms with Crippen LogP contribution in [0.3, 0.4) is 0 Å². The lowest BCUT2D eigenvalue weighted by Crippen LogP contribution is -2.10. The SMILES string of the molecule is CCCCc1nc(C#N)c(I)n1CCOC. The van der Waals surface area contributed by atoms with Crippen LogP contribution >= 0.6 is 22.6 Å². The molecule has 0 bridgehead atoms. The summed E-state index contributed by atoms with van der Waals surface area (Å²) in [6, 6.07) is 2.13. The van der Waals surface area contributed by atoms with E-state index in [1.54, 1.807) is 7.11 Å². The summed E-state index contributed by atoms with van der Waals surface area (Å²) in [6.45, 7) is 3.57. The number of halogens is 1. The van der Waals surface area contributed by atoms with E-state index in [2.05, 4.69) is 45.1 Å². The number of imidazole rings is 1. The molecular weight excluding hydrogens is 317 g/mol. The smallest absolute Gasteiger partial charge is 0.172 e. The second-order valence-electron chi connectivity index (χ2n) is 3.53. The molecule has 1 aromatic heterocycles. The zero-order valence-corrected chi connectivity index (χ0v) is 11.8. The first-order chi connectivity index (χ1) is 7.74. The summed E-state index contributed by atoms with van der Waals surface area (Å²) >= 11 is 2.18. The van der Waals surface area contributed by atoms with Gasteiger partial charge < -0.3 is 9.30 Å². The maximum Gasteiger partial charge on any atom is 0.172 e. The average Bonchev–Trinajstić information content (AvgIpc) is 2.60. The van der Waals surface area contributed by atoms with Crippen molar-refractivity contribution in [1.29, 1.82) is 5.26 Å². The number of nitrogens with zero attached hydrogens (tertiary/aromatic N) is 3. The van der Waals surface area contributed by atoms with Crippen LogP contribution in [0.5, 0.6) is 0 Å². The molecule has 1 heterocycles. The molecule has 0 aromatic carbocycles. The number of hydrogen-bond donors (Lipinski definition) is 0. The van der Waals surface area contributed by atoms with Crippen LogP contribution in [0.1, 0.15) is 31.3 Å². The molecule has 0 radical (unpaired) electrons. The molecule has 0 spiro atoms. The van der Waals surface area contributed by atoms with E-state index in [4.69, 9.17) is 10.00 Å². The Bertz CT molecular complexity index is 381. The number of rotatable bonds is 6. The molecule has 5 heteroatoms. The second-order valence-corrected chi connectivity index (χ2v) is 4.55. The molecule has 0 aliphatic rings. The Morgan fingerprint density at radius 3 is 2.88 bits per heavy atom. The molecule has 0 fully saturated rings. The van der Waals surface area contributed by atoms with Crippen molar-refractivity contribution in [2.75, 3.05) is 13.7 Å². The van der Waals surface area contributed by atoms with Crippen LogP contribution < -0.4 is 0 Å². The molecule has 0 saturated carbocycles. The van der Waals surface area contributed by atoms with Crippen molar-refractivity contribution in [1.82, 2.24) is 9.55 Å². The van der Waals surface area contributed by atoms with Crippen molar-refractivity contribution in [2.45, 2.75) is 32.7 Å². The molecule has 4 nitrogen and oxygen atoms in total. The van der Waals surface area contributed by atoms with Gasteiger partial charge in [0.15, 0.2) is 5.69 Å². The summed E-state index contributed by atoms with van der Waals surface area (Å²) in [4.78, 5) is 4.36. The summed E-state index contributed by atoms with van der Waals surface area (Å²) in [5, 5.41) is 8.95. The van der Waals surface area contributed by atoms with Crippen LogP contribution in [0.25, 0.3) is 0 Å². The minimum Gasteiger partial charge on any atom is -0.383 e. The highest BCUT2D eigenvalue weighted by Gasteiger charge is 2.13. The molecule has 0 N–H and O–H groups in total. The normalized spacial score (nSPS) is 10.4. The number of ether oxygens (including phenoxy) is 1. The van der Waals surface area contributed by atoms with Gasteiger partial charge in [-0.05, 0) is 29.0 Å². The maximum absolute atomic E-state index is 8.95. The fraction of sp³-hybridized carbons (Fsp3) is 0.636. The first-order valence-electron chi connectivity index (χ1n) is 5.38. The number of methoxy groups -OCH3 is 1. The van der Waals surface area contributed by atoms with E-state index in [1.165, 1.54) is 0 Å². The highest BCUT2D eigenvalue weighted by atomic mass is 127. The monoisotopic (exact) mass is 333 g/mol. The summed E-state index contributed by atoms with van der Waals surface area (Å²) in [7, 11) is 1.68. The minimum absolute atomic E-state index is 0.530. The Morgan fingerprint density at radius 2 is 2.31 bits per heavy atom. The van der Waals surface area contributed by atoms with Crippen LogP contribution in [-0.4, -0.2) is 23.3 Å². The van der Waals surface area contributed by atoms with E-state index in [0.29, 0.717) is 12.3 Å². The molecule has 16 heavy (non-hydrogen) atoms. The van der Waals surface area contributed by atoms with E-state index >= 15 is 0 Å². The van der Waals surface area contributed by atoms with Gasteiger partial charge in [-0.2, -0.15) is 5.26 Å². The Morgan fingerprint density at radius 1 is 1.56 bits per heavy atom. The van der Waals surface area contributed by atoms with Gasteiger partial charge in [0.05, 0.1) is 6.61 Å². The predicted octanol–water partition coefficient (Wildman–Crippen LogP) is 2.35. The standard InChI is InChI=1S/C11H16IN3O/c1-3-4-5-10-14-9(8-13)11(12)15(10)6-7-16-2/h3-7H2,1-2H3. The highest BCUT2D eigenvalue weighted by molar-refractivity contribution is 14.1. The van der Waals surface area contributed by atoms with Gasteiger partial charge >= 0.3 is 0 Å². The van der Waals surface area contributed by atoms with Crippen molar-refractivity contribution in [2.24, 2.45) is 0 Å². The summed E-state index contributed by atoms with van der Waals surface area (Å²) in [5.41, 5.74) is 0.530. The number of hydrogen-bond acceptors (Lipinski definition) is 3. The van der Waals surface area contributed by atoms with E-state index in [1.807, 2.05) is 0 Å². The average molecular weight is 333 g/mol. The van der Waals surface area contributed by atoms with Crippen molar-refractivity contribution in [3.8, 4) is 6.07 Å². The number of nitriles is 1. The third kappa shape index (κ3) is 3.19. The van der Waals surface area contributed by atoms with E-state index < -0.39 is 0 Å². The molecular formula is C11H16IN3O. The first kappa shape index (κ1) is 13.5. The van der Waals surface area contributed by atoms with Gasteiger partial charge in [-0.15, -0.1) is 0 Å². The Balaban J connectivity index is 2.91. The molecule has 1 aromatic rings. The second kappa shape index (κ2) is 6.86. The number of unbranched alkanes of at least 4 members (excludes halogenated alkanes) is 1. The quantitative estimate of drug-likeness (QED) is 0.751. The van der Waals surface area contributed by atoms with Gasteiger partial charge in [0, 0.05) is 20.1 Å². The summed E-state index contributed by atoms with van der Waals surface area (Å²) < 4.78 is 8.07. The molecule has 1 rings (SSSR count). The predicted molar refractivity (Wildman–Crippen MR) is 70.1 cm³/mol. The van der Waals surface area contributed by atoms with E-state index in [0.717, 1.165) is 35.3 Å². The van der Waals surface area contributed by atoms with E-state index in [-0.39, 0.29) is 0 Å². The molecule has 0 aliphatic carbocycles. The van der Waals surface area contributed by atoms with Crippen molar-refractivity contribution < 1.29 is 4.74 Å². The van der Waals surface area contributed by atoms with Crippen LogP contribution in [0.4, 0.5) is 0 Å². The number of aryl methyl sites for hydroxylation is 1. The lowest BCUT2D eigenvalue weighted by molar-refractivity contribution is 0.185. The fourth-order valence-electron chi connectivity index (χ4n) is 1.48. The topological polar surface area (TPSA) is 50.8 Å². The van der Waals surface area contributed by atoms with Crippen molar-refractivity contribution >= 4 is 22.6 Å². The Hall–Kier alpha value is -0.610. The van der Waals surface area contributed by atoms with Crippen LogP contribution in [0, 0.1) is 15.0 Å². The molecule has 0 atom stereocenters. The number of aromatic nitrogens is 2. The first-order valence-corrected chi connectivity index (χ1v) is 6.46. The molecule has 0 saturated heterocycles. The lowest BCUT2D eigenvalue weighted by atomic mass is 10.2. The Labute approximate surface area is 110 Å². The Kier molecular flexibility index (Phi) is 5.77. The van der Waals surface area contributed by atoms with Crippen molar-refractivity contribution in [3.05, 3.63) is 15.2 Å². The highest BCUT2D eigenvalue weighted by Crippen LogP contribution is 2.15. The van der Waals surface area contributed by atoms with Gasteiger partial charge in [0.25, 0.3) is 0 Å². The molecule has 0 aliphatic heterocycles. The van der Waals surface area contributed by atoms with Crippen LogP contribution in [0.15, 0.2) is 0 Å². The lowest BCUT2D eigenvalue weighted by Gasteiger charge is -2.07. The summed E-state index contributed by atoms with van der Waals surface area (Å²) in [6.07, 6.45) is 3.17. The third-order valence-electron chi connectivity index (χ3n) is 2.36. The summed E-state index contributed by atoms with van der Waals surface area (Å²) in [5.74, 6) is 1.000. The molecule has 0 unspecified atom stereocenters. The van der Waals surface area contributed by atoms with Gasteiger partial charge in [0.1, 0.15) is 15.6 Å².